The van der Waals surface area contributed by atoms with Crippen molar-refractivity contribution in [3.63, 3.8) is 0 Å². The van der Waals surface area contributed by atoms with Gasteiger partial charge in [-0.25, -0.2) is 9.97 Å². The number of rotatable bonds is 5. The quantitative estimate of drug-likeness (QED) is 0.483. The average Bonchev–Trinajstić information content (AvgIpc) is 3.18. The SMILES string of the molecule is CC(C)(C)C(=O)O.C[C@@H](O)[C@@H](C(=O)NCc1ncccn1)N1CC2(CCCN2)C1=O. The summed E-state index contributed by atoms with van der Waals surface area (Å²) in [5.74, 6) is -0.776. The normalized spacial score (nSPS) is 22.6. The van der Waals surface area contributed by atoms with Gasteiger partial charge in [0.1, 0.15) is 17.4 Å². The Bertz CT molecular complexity index is 757. The van der Waals surface area contributed by atoms with E-state index >= 15 is 0 Å². The summed E-state index contributed by atoms with van der Waals surface area (Å²) in [5, 5.41) is 24.1. The maximum absolute atomic E-state index is 12.5. The third-order valence-corrected chi connectivity index (χ3v) is 5.10. The molecule has 1 aromatic rings. The Morgan fingerprint density at radius 2 is 1.93 bits per heavy atom. The van der Waals surface area contributed by atoms with Crippen molar-refractivity contribution in [3.05, 3.63) is 24.3 Å². The van der Waals surface area contributed by atoms with Gasteiger partial charge >= 0.3 is 5.97 Å². The lowest BCUT2D eigenvalue weighted by Crippen LogP contribution is -2.76. The van der Waals surface area contributed by atoms with Gasteiger partial charge in [-0.1, -0.05) is 0 Å². The van der Waals surface area contributed by atoms with Gasteiger partial charge in [-0.15, -0.1) is 0 Å². The number of amides is 2. The fraction of sp³-hybridized carbons (Fsp3) is 0.650. The van der Waals surface area contributed by atoms with Crippen molar-refractivity contribution in [2.24, 2.45) is 5.41 Å². The molecule has 2 fully saturated rings. The number of hydrogen-bond donors (Lipinski definition) is 4. The second-order valence-corrected chi connectivity index (χ2v) is 8.67. The number of carbonyl (C=O) groups excluding carboxylic acids is 2. The zero-order chi connectivity index (χ0) is 22.5. The number of aliphatic carboxylic acids is 1. The highest BCUT2D eigenvalue weighted by Crippen LogP contribution is 2.33. The lowest BCUT2D eigenvalue weighted by molar-refractivity contribution is -0.164. The highest BCUT2D eigenvalue weighted by molar-refractivity contribution is 5.97. The Labute approximate surface area is 176 Å². The Hall–Kier alpha value is -2.59. The Morgan fingerprint density at radius 3 is 2.37 bits per heavy atom. The van der Waals surface area contributed by atoms with Crippen molar-refractivity contribution in [3.8, 4) is 0 Å². The molecule has 166 valence electrons. The molecule has 0 radical (unpaired) electrons. The van der Waals surface area contributed by atoms with Crippen molar-refractivity contribution < 1.29 is 24.6 Å². The van der Waals surface area contributed by atoms with Crippen LogP contribution in [0.25, 0.3) is 0 Å². The molecule has 0 aromatic carbocycles. The molecule has 4 N–H and O–H groups in total. The number of hydrogen-bond acceptors (Lipinski definition) is 7. The van der Waals surface area contributed by atoms with Crippen molar-refractivity contribution in [2.45, 2.75) is 64.8 Å². The van der Waals surface area contributed by atoms with E-state index < -0.39 is 35.0 Å². The topological polar surface area (TPSA) is 145 Å². The summed E-state index contributed by atoms with van der Waals surface area (Å²) in [5.41, 5.74) is -1.10. The molecule has 3 atom stereocenters. The van der Waals surface area contributed by atoms with Gasteiger partial charge in [0.2, 0.25) is 11.8 Å². The third kappa shape index (κ3) is 5.51. The summed E-state index contributed by atoms with van der Waals surface area (Å²) >= 11 is 0. The van der Waals surface area contributed by atoms with Gasteiger partial charge in [0.15, 0.2) is 0 Å². The standard InChI is InChI=1S/C15H21N5O3.C5H10O2/c1-10(21)12(13(22)18-8-11-16-5-3-6-17-11)20-9-15(14(20)23)4-2-7-19-15;1-5(2,3)4(6)7/h3,5-6,10,12,19,21H,2,4,7-9H2,1H3,(H,18,22);1-3H3,(H,6,7)/t10-,12+,15?;/m1./s1. The predicted molar refractivity (Wildman–Crippen MR) is 108 cm³/mol. The largest absolute Gasteiger partial charge is 0.481 e. The molecule has 30 heavy (non-hydrogen) atoms. The van der Waals surface area contributed by atoms with Crippen LogP contribution in [-0.2, 0) is 20.9 Å². The van der Waals surface area contributed by atoms with Gasteiger partial charge in [0.25, 0.3) is 0 Å². The molecule has 2 aliphatic rings. The molecule has 10 nitrogen and oxygen atoms in total. The van der Waals surface area contributed by atoms with Crippen LogP contribution in [0.1, 0.15) is 46.4 Å². The highest BCUT2D eigenvalue weighted by atomic mass is 16.4. The van der Waals surface area contributed by atoms with Crippen LogP contribution in [0.5, 0.6) is 0 Å². The van der Waals surface area contributed by atoms with Crippen LogP contribution in [0.2, 0.25) is 0 Å². The monoisotopic (exact) mass is 421 g/mol. The molecule has 2 aliphatic heterocycles. The Balaban J connectivity index is 0.000000396. The second kappa shape index (κ2) is 9.48. The first-order valence-corrected chi connectivity index (χ1v) is 9.99. The van der Waals surface area contributed by atoms with Crippen molar-refractivity contribution in [2.75, 3.05) is 13.1 Å². The summed E-state index contributed by atoms with van der Waals surface area (Å²) < 4.78 is 0. The van der Waals surface area contributed by atoms with Gasteiger partial charge in [-0.05, 0) is 53.1 Å². The van der Waals surface area contributed by atoms with E-state index in [-0.39, 0.29) is 12.5 Å². The van der Waals surface area contributed by atoms with Crippen LogP contribution in [0.15, 0.2) is 18.5 Å². The van der Waals surface area contributed by atoms with Gasteiger partial charge in [-0.3, -0.25) is 14.4 Å². The molecule has 2 saturated heterocycles. The molecule has 2 amide bonds. The number of nitrogens with one attached hydrogen (secondary N) is 2. The van der Waals surface area contributed by atoms with Crippen LogP contribution in [-0.4, -0.2) is 73.6 Å². The number of likely N-dealkylation sites (tertiary alicyclic amines) is 1. The second-order valence-electron chi connectivity index (χ2n) is 8.67. The molecule has 3 rings (SSSR count). The fourth-order valence-electron chi connectivity index (χ4n) is 3.28. The molecule has 0 saturated carbocycles. The van der Waals surface area contributed by atoms with Crippen LogP contribution in [0.3, 0.4) is 0 Å². The minimum Gasteiger partial charge on any atom is -0.481 e. The van der Waals surface area contributed by atoms with Crippen LogP contribution >= 0.6 is 0 Å². The summed E-state index contributed by atoms with van der Waals surface area (Å²) in [4.78, 5) is 44.4. The van der Waals surface area contributed by atoms with Crippen molar-refractivity contribution in [1.82, 2.24) is 25.5 Å². The minimum absolute atomic E-state index is 0.105. The molecule has 0 aliphatic carbocycles. The summed E-state index contributed by atoms with van der Waals surface area (Å²) in [6.07, 6.45) is 3.98. The lowest BCUT2D eigenvalue weighted by Gasteiger charge is -2.50. The molecule has 1 unspecified atom stereocenters. The average molecular weight is 421 g/mol. The molecule has 10 heteroatoms. The number of nitrogens with zero attached hydrogens (tertiary/aromatic N) is 3. The van der Waals surface area contributed by atoms with Crippen molar-refractivity contribution in [1.29, 1.82) is 0 Å². The third-order valence-electron chi connectivity index (χ3n) is 5.10. The molecular formula is C20H31N5O5. The van der Waals surface area contributed by atoms with E-state index in [9.17, 15) is 19.5 Å². The highest BCUT2D eigenvalue weighted by Gasteiger charge is 2.57. The molecule has 1 aromatic heterocycles. The zero-order valence-corrected chi connectivity index (χ0v) is 17.9. The van der Waals surface area contributed by atoms with E-state index in [0.717, 1.165) is 19.4 Å². The minimum atomic E-state index is -0.950. The Morgan fingerprint density at radius 1 is 1.33 bits per heavy atom. The molecular weight excluding hydrogens is 390 g/mol. The van der Waals surface area contributed by atoms with E-state index in [0.29, 0.717) is 12.4 Å². The molecule has 1 spiro atoms. The maximum atomic E-state index is 12.5. The van der Waals surface area contributed by atoms with Crippen LogP contribution < -0.4 is 10.6 Å². The number of aliphatic hydroxyl groups is 1. The van der Waals surface area contributed by atoms with E-state index in [1.807, 2.05) is 0 Å². The first-order chi connectivity index (χ1) is 14.0. The number of carbonyl (C=O) groups is 3. The zero-order valence-electron chi connectivity index (χ0n) is 17.9. The summed E-state index contributed by atoms with van der Waals surface area (Å²) in [6, 6.07) is 0.802. The number of aromatic nitrogens is 2. The number of aliphatic hydroxyl groups excluding tert-OH is 1. The first kappa shape index (κ1) is 23.7. The van der Waals surface area contributed by atoms with Crippen LogP contribution in [0.4, 0.5) is 0 Å². The number of carboxylic acid groups (broad SMARTS) is 1. The predicted octanol–water partition coefficient (Wildman–Crippen LogP) is -0.0763. The fourth-order valence-corrected chi connectivity index (χ4v) is 3.28. The Kier molecular flexibility index (Phi) is 7.49. The number of carboxylic acids is 1. The van der Waals surface area contributed by atoms with Gasteiger partial charge in [0, 0.05) is 18.9 Å². The molecule has 0 bridgehead atoms. The van der Waals surface area contributed by atoms with Crippen molar-refractivity contribution >= 4 is 17.8 Å². The van der Waals surface area contributed by atoms with Gasteiger partial charge < -0.3 is 25.7 Å². The van der Waals surface area contributed by atoms with Gasteiger partial charge in [0.05, 0.1) is 18.1 Å². The first-order valence-electron chi connectivity index (χ1n) is 9.99. The van der Waals surface area contributed by atoms with E-state index in [2.05, 4.69) is 20.6 Å². The van der Waals surface area contributed by atoms with E-state index in [1.165, 1.54) is 11.8 Å². The summed E-state index contributed by atoms with van der Waals surface area (Å²) in [7, 11) is 0. The van der Waals surface area contributed by atoms with Crippen LogP contribution in [0, 0.1) is 5.41 Å². The van der Waals surface area contributed by atoms with E-state index in [1.54, 1.807) is 39.2 Å². The smallest absolute Gasteiger partial charge is 0.308 e. The lowest BCUT2D eigenvalue weighted by atomic mass is 9.84. The molecule has 3 heterocycles. The van der Waals surface area contributed by atoms with E-state index in [4.69, 9.17) is 5.11 Å². The number of β-lactam (4-membered cyclic amide) rings is 1. The maximum Gasteiger partial charge on any atom is 0.308 e. The summed E-state index contributed by atoms with van der Waals surface area (Å²) in [6.45, 7) is 7.94. The van der Waals surface area contributed by atoms with Gasteiger partial charge in [-0.2, -0.15) is 0 Å².